The van der Waals surface area contributed by atoms with E-state index in [0.29, 0.717) is 39.0 Å². The summed E-state index contributed by atoms with van der Waals surface area (Å²) < 4.78 is 10.9. The average Bonchev–Trinajstić information content (AvgIpc) is 3.64. The fourth-order valence-electron chi connectivity index (χ4n) is 9.96. The molecule has 5 aromatic rings. The Morgan fingerprint density at radius 3 is 2.21 bits per heavy atom. The van der Waals surface area contributed by atoms with Gasteiger partial charge in [0.25, 0.3) is 0 Å². The fourth-order valence-corrected chi connectivity index (χ4v) is 10.1. The number of rotatable bonds is 8. The molecule has 2 aliphatic carbocycles. The Kier molecular flexibility index (Phi) is 9.28. The summed E-state index contributed by atoms with van der Waals surface area (Å²) in [5.74, 6) is -3.91. The molecule has 2 saturated heterocycles. The van der Waals surface area contributed by atoms with Crippen molar-refractivity contribution in [1.29, 1.82) is 0 Å². The minimum atomic E-state index is -1.47. The summed E-state index contributed by atoms with van der Waals surface area (Å²) in [4.78, 5) is 61.9. The van der Waals surface area contributed by atoms with Crippen LogP contribution in [0.4, 0.5) is 11.4 Å². The van der Waals surface area contributed by atoms with Gasteiger partial charge in [0.15, 0.2) is 0 Å². The van der Waals surface area contributed by atoms with Gasteiger partial charge in [0.1, 0.15) is 17.2 Å². The second-order valence-corrected chi connectivity index (χ2v) is 15.6. The van der Waals surface area contributed by atoms with Gasteiger partial charge in [-0.3, -0.25) is 24.1 Å². The summed E-state index contributed by atoms with van der Waals surface area (Å²) in [7, 11) is 3.21. The molecule has 9 rings (SSSR count). The topological polar surface area (TPSA) is 113 Å². The zero-order valence-corrected chi connectivity index (χ0v) is 32.5. The predicted molar refractivity (Wildman–Crippen MR) is 222 cm³/mol. The van der Waals surface area contributed by atoms with Crippen molar-refractivity contribution in [1.82, 2.24) is 0 Å². The number of phenols is 1. The maximum atomic E-state index is 15.4. The minimum Gasteiger partial charge on any atom is -0.508 e. The molecular weight excluding hydrogens is 752 g/mol. The highest BCUT2D eigenvalue weighted by molar-refractivity contribution is 6.32. The number of nitrogens with zero attached hydrogens (tertiary/aromatic N) is 2. The number of allylic oxidation sites excluding steroid dienone is 2. The van der Waals surface area contributed by atoms with Crippen LogP contribution < -0.4 is 19.3 Å². The number of para-hydroxylation sites is 1. The Morgan fingerprint density at radius 1 is 0.724 bits per heavy atom. The van der Waals surface area contributed by atoms with Crippen molar-refractivity contribution in [2.75, 3.05) is 24.0 Å². The van der Waals surface area contributed by atoms with Crippen molar-refractivity contribution in [2.24, 2.45) is 23.7 Å². The quantitative estimate of drug-likeness (QED) is 0.0952. The number of ether oxygens (including phenoxy) is 2. The molecule has 2 heterocycles. The monoisotopic (exact) mass is 790 g/mol. The van der Waals surface area contributed by atoms with Gasteiger partial charge in [0.05, 0.1) is 48.8 Å². The number of benzene rings is 5. The first-order valence-corrected chi connectivity index (χ1v) is 19.6. The Labute approximate surface area is 340 Å². The molecule has 10 heteroatoms. The predicted octanol–water partition coefficient (Wildman–Crippen LogP) is 8.60. The first-order chi connectivity index (χ1) is 28.2. The number of anilines is 2. The van der Waals surface area contributed by atoms with Gasteiger partial charge in [0, 0.05) is 22.1 Å². The lowest BCUT2D eigenvalue weighted by Gasteiger charge is -2.50. The van der Waals surface area contributed by atoms with Gasteiger partial charge in [-0.05, 0) is 84.5 Å². The summed E-state index contributed by atoms with van der Waals surface area (Å²) in [5, 5.41) is 11.9. The van der Waals surface area contributed by atoms with Crippen LogP contribution in [0.15, 0.2) is 133 Å². The van der Waals surface area contributed by atoms with E-state index in [2.05, 4.69) is 0 Å². The van der Waals surface area contributed by atoms with E-state index in [0.717, 1.165) is 16.7 Å². The normalized spacial score (nSPS) is 25.1. The molecule has 6 unspecified atom stereocenters. The maximum absolute atomic E-state index is 15.4. The number of hydrogen-bond acceptors (Lipinski definition) is 7. The van der Waals surface area contributed by atoms with Gasteiger partial charge in [-0.2, -0.15) is 0 Å². The van der Waals surface area contributed by atoms with Gasteiger partial charge < -0.3 is 14.6 Å². The molecule has 6 atom stereocenters. The van der Waals surface area contributed by atoms with Crippen molar-refractivity contribution in [2.45, 2.75) is 24.2 Å². The van der Waals surface area contributed by atoms with Crippen LogP contribution in [0.5, 0.6) is 17.2 Å². The van der Waals surface area contributed by atoms with Crippen molar-refractivity contribution >= 4 is 58.8 Å². The second-order valence-electron chi connectivity index (χ2n) is 15.2. The molecule has 58 heavy (non-hydrogen) atoms. The Balaban J connectivity index is 1.11. The Bertz CT molecular complexity index is 2550. The molecule has 0 radical (unpaired) electrons. The van der Waals surface area contributed by atoms with E-state index in [1.807, 2.05) is 78.9 Å². The molecule has 1 N–H and O–H groups in total. The van der Waals surface area contributed by atoms with E-state index in [9.17, 15) is 19.5 Å². The van der Waals surface area contributed by atoms with Crippen molar-refractivity contribution in [3.05, 3.63) is 160 Å². The van der Waals surface area contributed by atoms with Crippen LogP contribution in [-0.4, -0.2) is 43.0 Å². The SMILES string of the molecule is COc1ccc(OC)c(C=Cc2ccc(N3C(=O)C4CC=C5C(CC6C(=O)N(c7cccc(Cl)c7)C(=O)C6(c6ccccc6)C5c5ccccc5O)C4C3=O)cc2)c1. The number of fused-ring (bicyclic) bond motifs is 4. The van der Waals surface area contributed by atoms with Crippen LogP contribution in [0.25, 0.3) is 12.2 Å². The lowest BCUT2D eigenvalue weighted by molar-refractivity contribution is -0.127. The number of hydrogen-bond donors (Lipinski definition) is 1. The number of carbonyl (C=O) groups is 4. The zero-order valence-electron chi connectivity index (χ0n) is 31.7. The molecule has 4 amide bonds. The summed E-state index contributed by atoms with van der Waals surface area (Å²) in [6.07, 6.45) is 6.22. The lowest BCUT2D eigenvalue weighted by Crippen LogP contribution is -2.53. The van der Waals surface area contributed by atoms with Gasteiger partial charge in [-0.25, -0.2) is 4.90 Å². The highest BCUT2D eigenvalue weighted by atomic mass is 35.5. The third-order valence-electron chi connectivity index (χ3n) is 12.5. The number of methoxy groups -OCH3 is 2. The van der Waals surface area contributed by atoms with Gasteiger partial charge in [0.2, 0.25) is 23.6 Å². The number of amides is 4. The van der Waals surface area contributed by atoms with Gasteiger partial charge >= 0.3 is 0 Å². The zero-order chi connectivity index (χ0) is 40.3. The highest BCUT2D eigenvalue weighted by Gasteiger charge is 2.70. The fraction of sp³-hybridized carbons (Fsp3) is 0.208. The van der Waals surface area contributed by atoms with Gasteiger partial charge in [-0.1, -0.05) is 102 Å². The standard InChI is InChI=1S/C48H39ClN2O7/c1-57-34-21-24-41(58-2)29(25-34)18-15-28-16-19-32(20-17-28)50-44(53)37-23-22-35-38(42(37)46(50)55)27-39-45(54)51(33-12-8-11-31(49)26-33)47(56)48(39,30-9-4-3-5-10-30)43(35)36-13-6-7-14-40(36)52/h3-22,24-26,37-39,42-43,52H,23,27H2,1-2H3. The minimum absolute atomic E-state index is 0.0267. The molecule has 290 valence electrons. The van der Waals surface area contributed by atoms with E-state index in [1.54, 1.807) is 74.9 Å². The summed E-state index contributed by atoms with van der Waals surface area (Å²) in [6, 6.07) is 35.5. The number of aromatic hydroxyl groups is 1. The van der Waals surface area contributed by atoms with E-state index in [-0.39, 0.29) is 30.4 Å². The third-order valence-corrected chi connectivity index (χ3v) is 12.7. The molecular formula is C48H39ClN2O7. The molecule has 0 spiro atoms. The van der Waals surface area contributed by atoms with Gasteiger partial charge in [-0.15, -0.1) is 0 Å². The van der Waals surface area contributed by atoms with E-state index >= 15 is 4.79 Å². The number of imide groups is 2. The summed E-state index contributed by atoms with van der Waals surface area (Å²) >= 11 is 6.42. The van der Waals surface area contributed by atoms with Crippen LogP contribution in [0.2, 0.25) is 5.02 Å². The summed E-state index contributed by atoms with van der Waals surface area (Å²) in [6.45, 7) is 0. The first-order valence-electron chi connectivity index (χ1n) is 19.2. The van der Waals surface area contributed by atoms with Crippen LogP contribution in [0, 0.1) is 23.7 Å². The van der Waals surface area contributed by atoms with Crippen LogP contribution >= 0.6 is 11.6 Å². The molecule has 4 aliphatic rings. The smallest absolute Gasteiger partial charge is 0.246 e. The molecule has 0 aromatic heterocycles. The third kappa shape index (κ3) is 5.67. The largest absolute Gasteiger partial charge is 0.508 e. The van der Waals surface area contributed by atoms with Crippen LogP contribution in [0.1, 0.15) is 41.0 Å². The van der Waals surface area contributed by atoms with Crippen molar-refractivity contribution in [3.63, 3.8) is 0 Å². The highest BCUT2D eigenvalue weighted by Crippen LogP contribution is 2.65. The maximum Gasteiger partial charge on any atom is 0.246 e. The van der Waals surface area contributed by atoms with Crippen molar-refractivity contribution in [3.8, 4) is 17.2 Å². The van der Waals surface area contributed by atoms with Crippen molar-refractivity contribution < 1.29 is 33.8 Å². The van der Waals surface area contributed by atoms with Crippen LogP contribution in [-0.2, 0) is 24.6 Å². The lowest BCUT2D eigenvalue weighted by atomic mass is 9.49. The average molecular weight is 791 g/mol. The van der Waals surface area contributed by atoms with E-state index < -0.39 is 46.8 Å². The molecule has 0 bridgehead atoms. The van der Waals surface area contributed by atoms with E-state index in [4.69, 9.17) is 21.1 Å². The number of carbonyl (C=O) groups excluding carboxylic acids is 4. The summed E-state index contributed by atoms with van der Waals surface area (Å²) in [5.41, 5.74) is 2.87. The number of phenolic OH excluding ortho intramolecular Hbond substituents is 1. The molecule has 3 fully saturated rings. The van der Waals surface area contributed by atoms with E-state index in [1.165, 1.54) is 9.80 Å². The number of halogens is 1. The second kappa shape index (κ2) is 14.5. The molecule has 9 nitrogen and oxygen atoms in total. The first kappa shape index (κ1) is 37.1. The molecule has 2 aliphatic heterocycles. The Morgan fingerprint density at radius 2 is 1.48 bits per heavy atom. The molecule has 5 aromatic carbocycles. The Hall–Kier alpha value is -6.45. The molecule has 1 saturated carbocycles. The van der Waals surface area contributed by atoms with Crippen LogP contribution in [0.3, 0.4) is 0 Å².